The summed E-state index contributed by atoms with van der Waals surface area (Å²) >= 11 is 0. The smallest absolute Gasteiger partial charge is 0.319 e. The standard InChI is InChI=1S/C15H22FN3O2/c1-21-11-15(5-7-17-8-6-15)10-18-14(20)19-13-4-2-3-12(16)9-13/h2-4,9,17H,5-8,10-11H2,1H3,(H2,18,19,20). The molecule has 0 saturated carbocycles. The summed E-state index contributed by atoms with van der Waals surface area (Å²) in [6, 6.07) is 5.51. The van der Waals surface area contributed by atoms with Crippen LogP contribution >= 0.6 is 0 Å². The minimum atomic E-state index is -0.373. The average Bonchev–Trinajstić information content (AvgIpc) is 2.47. The first kappa shape index (κ1) is 15.7. The number of anilines is 1. The van der Waals surface area contributed by atoms with E-state index in [0.29, 0.717) is 18.8 Å². The highest BCUT2D eigenvalue weighted by Crippen LogP contribution is 2.28. The quantitative estimate of drug-likeness (QED) is 0.778. The van der Waals surface area contributed by atoms with Gasteiger partial charge in [0.25, 0.3) is 0 Å². The fraction of sp³-hybridized carbons (Fsp3) is 0.533. The van der Waals surface area contributed by atoms with Crippen LogP contribution in [0.4, 0.5) is 14.9 Å². The summed E-state index contributed by atoms with van der Waals surface area (Å²) in [7, 11) is 1.68. The maximum atomic E-state index is 13.1. The molecule has 0 atom stereocenters. The Morgan fingerprint density at radius 2 is 2.19 bits per heavy atom. The zero-order valence-electron chi connectivity index (χ0n) is 12.2. The van der Waals surface area contributed by atoms with Gasteiger partial charge in [0.1, 0.15) is 5.82 Å². The van der Waals surface area contributed by atoms with Crippen LogP contribution < -0.4 is 16.0 Å². The molecule has 3 N–H and O–H groups in total. The second kappa shape index (κ2) is 7.38. The summed E-state index contributed by atoms with van der Waals surface area (Å²) in [5.74, 6) is -0.373. The van der Waals surface area contributed by atoms with Crippen molar-refractivity contribution < 1.29 is 13.9 Å². The van der Waals surface area contributed by atoms with E-state index >= 15 is 0 Å². The zero-order valence-corrected chi connectivity index (χ0v) is 12.2. The van der Waals surface area contributed by atoms with Gasteiger partial charge in [-0.15, -0.1) is 0 Å². The molecule has 6 heteroatoms. The Bertz CT molecular complexity index is 470. The second-order valence-corrected chi connectivity index (χ2v) is 5.50. The number of halogens is 1. The summed E-state index contributed by atoms with van der Waals surface area (Å²) in [6.07, 6.45) is 1.92. The van der Waals surface area contributed by atoms with E-state index in [2.05, 4.69) is 16.0 Å². The average molecular weight is 295 g/mol. The predicted molar refractivity (Wildman–Crippen MR) is 79.8 cm³/mol. The number of urea groups is 1. The van der Waals surface area contributed by atoms with Crippen LogP contribution in [0.15, 0.2) is 24.3 Å². The molecule has 1 aliphatic heterocycles. The number of methoxy groups -OCH3 is 1. The van der Waals surface area contributed by atoms with Crippen LogP contribution in [0.1, 0.15) is 12.8 Å². The molecule has 0 spiro atoms. The normalized spacial score (nSPS) is 17.2. The van der Waals surface area contributed by atoms with Gasteiger partial charge in [-0.2, -0.15) is 0 Å². The van der Waals surface area contributed by atoms with E-state index in [1.165, 1.54) is 12.1 Å². The van der Waals surface area contributed by atoms with Gasteiger partial charge in [-0.05, 0) is 44.1 Å². The van der Waals surface area contributed by atoms with Crippen molar-refractivity contribution in [2.45, 2.75) is 12.8 Å². The molecule has 116 valence electrons. The number of ether oxygens (including phenoxy) is 1. The van der Waals surface area contributed by atoms with Crippen LogP contribution in [0.25, 0.3) is 0 Å². The van der Waals surface area contributed by atoms with Crippen molar-refractivity contribution in [3.63, 3.8) is 0 Å². The number of carbonyl (C=O) groups excluding carboxylic acids is 1. The number of benzene rings is 1. The van der Waals surface area contributed by atoms with E-state index in [4.69, 9.17) is 4.74 Å². The Morgan fingerprint density at radius 1 is 1.43 bits per heavy atom. The van der Waals surface area contributed by atoms with Gasteiger partial charge >= 0.3 is 6.03 Å². The third kappa shape index (κ3) is 4.68. The SMILES string of the molecule is COCC1(CNC(=O)Nc2cccc(F)c2)CCNCC1. The third-order valence-electron chi connectivity index (χ3n) is 3.82. The van der Waals surface area contributed by atoms with E-state index in [-0.39, 0.29) is 17.3 Å². The van der Waals surface area contributed by atoms with E-state index < -0.39 is 0 Å². The number of amides is 2. The Balaban J connectivity index is 1.87. The van der Waals surface area contributed by atoms with E-state index in [1.54, 1.807) is 19.2 Å². The van der Waals surface area contributed by atoms with E-state index in [1.807, 2.05) is 0 Å². The molecule has 0 unspecified atom stereocenters. The maximum absolute atomic E-state index is 13.1. The molecule has 2 amide bonds. The minimum Gasteiger partial charge on any atom is -0.384 e. The molecular weight excluding hydrogens is 273 g/mol. The monoisotopic (exact) mass is 295 g/mol. The number of rotatable bonds is 5. The summed E-state index contributed by atoms with van der Waals surface area (Å²) in [5.41, 5.74) is 0.415. The number of hydrogen-bond donors (Lipinski definition) is 3. The van der Waals surface area contributed by atoms with Crippen molar-refractivity contribution in [3.8, 4) is 0 Å². The molecule has 1 aromatic carbocycles. The van der Waals surface area contributed by atoms with Crippen LogP contribution in [-0.4, -0.2) is 39.4 Å². The van der Waals surface area contributed by atoms with Gasteiger partial charge in [0.2, 0.25) is 0 Å². The lowest BCUT2D eigenvalue weighted by Crippen LogP contribution is -2.47. The number of hydrogen-bond acceptors (Lipinski definition) is 3. The van der Waals surface area contributed by atoms with Crippen molar-refractivity contribution in [2.75, 3.05) is 38.7 Å². The summed E-state index contributed by atoms with van der Waals surface area (Å²) in [4.78, 5) is 11.9. The lowest BCUT2D eigenvalue weighted by molar-refractivity contribution is 0.0558. The Kier molecular flexibility index (Phi) is 5.52. The zero-order chi connectivity index (χ0) is 15.1. The lowest BCUT2D eigenvalue weighted by atomic mass is 9.79. The molecule has 1 heterocycles. The summed E-state index contributed by atoms with van der Waals surface area (Å²) in [5, 5.41) is 8.81. The Hall–Kier alpha value is -1.66. The molecule has 0 aromatic heterocycles. The van der Waals surface area contributed by atoms with Crippen molar-refractivity contribution in [3.05, 3.63) is 30.1 Å². The van der Waals surface area contributed by atoms with Gasteiger partial charge in [0.15, 0.2) is 0 Å². The number of nitrogens with one attached hydrogen (secondary N) is 3. The van der Waals surface area contributed by atoms with Crippen LogP contribution in [0, 0.1) is 11.2 Å². The maximum Gasteiger partial charge on any atom is 0.319 e. The first-order valence-electron chi connectivity index (χ1n) is 7.14. The van der Waals surface area contributed by atoms with Gasteiger partial charge in [-0.25, -0.2) is 9.18 Å². The molecule has 0 radical (unpaired) electrons. The van der Waals surface area contributed by atoms with Crippen molar-refractivity contribution in [1.29, 1.82) is 0 Å². The predicted octanol–water partition coefficient (Wildman–Crippen LogP) is 1.96. The fourth-order valence-corrected chi connectivity index (χ4v) is 2.64. The highest BCUT2D eigenvalue weighted by molar-refractivity contribution is 5.89. The second-order valence-electron chi connectivity index (χ2n) is 5.50. The van der Waals surface area contributed by atoms with Crippen LogP contribution in [-0.2, 0) is 4.74 Å². The molecule has 0 bridgehead atoms. The molecule has 1 saturated heterocycles. The van der Waals surface area contributed by atoms with Crippen molar-refractivity contribution in [2.24, 2.45) is 5.41 Å². The third-order valence-corrected chi connectivity index (χ3v) is 3.82. The molecular formula is C15H22FN3O2. The molecule has 0 aliphatic carbocycles. The highest BCUT2D eigenvalue weighted by Gasteiger charge is 2.32. The van der Waals surface area contributed by atoms with E-state index in [9.17, 15) is 9.18 Å². The van der Waals surface area contributed by atoms with Crippen molar-refractivity contribution >= 4 is 11.7 Å². The van der Waals surface area contributed by atoms with E-state index in [0.717, 1.165) is 25.9 Å². The molecule has 1 aliphatic rings. The molecule has 21 heavy (non-hydrogen) atoms. The van der Waals surface area contributed by atoms with Crippen molar-refractivity contribution in [1.82, 2.24) is 10.6 Å². The van der Waals surface area contributed by atoms with Crippen LogP contribution in [0.3, 0.4) is 0 Å². The molecule has 1 fully saturated rings. The van der Waals surface area contributed by atoms with Gasteiger partial charge in [-0.3, -0.25) is 0 Å². The first-order valence-corrected chi connectivity index (χ1v) is 7.14. The van der Waals surface area contributed by atoms with Crippen LogP contribution in [0.5, 0.6) is 0 Å². The first-order chi connectivity index (χ1) is 10.1. The Labute approximate surface area is 124 Å². The number of carbonyl (C=O) groups is 1. The topological polar surface area (TPSA) is 62.4 Å². The lowest BCUT2D eigenvalue weighted by Gasteiger charge is -2.37. The fourth-order valence-electron chi connectivity index (χ4n) is 2.64. The van der Waals surface area contributed by atoms with Crippen LogP contribution in [0.2, 0.25) is 0 Å². The van der Waals surface area contributed by atoms with Gasteiger partial charge < -0.3 is 20.7 Å². The molecule has 5 nitrogen and oxygen atoms in total. The van der Waals surface area contributed by atoms with Gasteiger partial charge in [0, 0.05) is 24.8 Å². The molecule has 1 aromatic rings. The minimum absolute atomic E-state index is 0.0285. The largest absolute Gasteiger partial charge is 0.384 e. The highest BCUT2D eigenvalue weighted by atomic mass is 19.1. The van der Waals surface area contributed by atoms with Gasteiger partial charge in [-0.1, -0.05) is 6.07 Å². The summed E-state index contributed by atoms with van der Waals surface area (Å²) < 4.78 is 18.4. The summed E-state index contributed by atoms with van der Waals surface area (Å²) in [6.45, 7) is 3.02. The van der Waals surface area contributed by atoms with Gasteiger partial charge in [0.05, 0.1) is 6.61 Å². The molecule has 2 rings (SSSR count). The Morgan fingerprint density at radius 3 is 2.86 bits per heavy atom. The number of piperidine rings is 1.